The van der Waals surface area contributed by atoms with Gasteiger partial charge in [0, 0.05) is 0 Å². The van der Waals surface area contributed by atoms with Gasteiger partial charge in [-0.1, -0.05) is 42.5 Å². The third-order valence-corrected chi connectivity index (χ3v) is 3.65. The van der Waals surface area contributed by atoms with Crippen LogP contribution in [0, 0.1) is 0 Å². The monoisotopic (exact) mass is 254 g/mol. The van der Waals surface area contributed by atoms with Crippen LogP contribution in [-0.2, 0) is 19.4 Å². The lowest BCUT2D eigenvalue weighted by Gasteiger charge is -2.23. The maximum Gasteiger partial charge on any atom is 0.123 e. The first-order chi connectivity index (χ1) is 9.33. The van der Waals surface area contributed by atoms with E-state index in [9.17, 15) is 5.11 Å². The molecule has 3 rings (SSSR count). The van der Waals surface area contributed by atoms with E-state index in [0.29, 0.717) is 6.61 Å². The van der Waals surface area contributed by atoms with Crippen LogP contribution in [-0.4, -0.2) is 11.2 Å². The Labute approximate surface area is 113 Å². The third-order valence-electron chi connectivity index (χ3n) is 3.65. The zero-order valence-corrected chi connectivity index (χ0v) is 10.9. The maximum atomic E-state index is 9.71. The van der Waals surface area contributed by atoms with Gasteiger partial charge < -0.3 is 9.84 Å². The molecule has 1 aliphatic rings. The molecule has 0 aliphatic heterocycles. The van der Waals surface area contributed by atoms with Gasteiger partial charge in [-0.15, -0.1) is 0 Å². The first-order valence-corrected chi connectivity index (χ1v) is 6.78. The van der Waals surface area contributed by atoms with Crippen molar-refractivity contribution in [2.24, 2.45) is 0 Å². The molecule has 0 spiro atoms. The number of aliphatic hydroxyl groups is 1. The first kappa shape index (κ1) is 12.2. The van der Waals surface area contributed by atoms with Gasteiger partial charge in [0.25, 0.3) is 0 Å². The highest BCUT2D eigenvalue weighted by Gasteiger charge is 2.19. The van der Waals surface area contributed by atoms with Crippen molar-refractivity contribution in [3.8, 4) is 5.75 Å². The molecule has 98 valence electrons. The van der Waals surface area contributed by atoms with E-state index in [1.807, 2.05) is 30.3 Å². The fourth-order valence-corrected chi connectivity index (χ4v) is 2.62. The van der Waals surface area contributed by atoms with Crippen molar-refractivity contribution in [3.05, 3.63) is 65.2 Å². The molecular formula is C17H18O2. The van der Waals surface area contributed by atoms with Crippen molar-refractivity contribution >= 4 is 0 Å². The molecule has 2 nitrogen and oxygen atoms in total. The van der Waals surface area contributed by atoms with Crippen molar-refractivity contribution < 1.29 is 9.84 Å². The van der Waals surface area contributed by atoms with Gasteiger partial charge in [-0.2, -0.15) is 0 Å². The summed E-state index contributed by atoms with van der Waals surface area (Å²) >= 11 is 0. The van der Waals surface area contributed by atoms with Crippen LogP contribution in [0.2, 0.25) is 0 Å². The molecule has 19 heavy (non-hydrogen) atoms. The Morgan fingerprint density at radius 3 is 2.74 bits per heavy atom. The minimum Gasteiger partial charge on any atom is -0.489 e. The maximum absolute atomic E-state index is 9.71. The van der Waals surface area contributed by atoms with Gasteiger partial charge in [0.15, 0.2) is 0 Å². The molecule has 1 unspecified atom stereocenters. The van der Waals surface area contributed by atoms with Gasteiger partial charge in [0.05, 0.1) is 6.10 Å². The van der Waals surface area contributed by atoms with Crippen LogP contribution in [0.25, 0.3) is 0 Å². The minimum absolute atomic E-state index is 0.197. The topological polar surface area (TPSA) is 29.5 Å². The SMILES string of the molecule is OC1CCc2c(cccc2OCc2ccccc2)C1. The van der Waals surface area contributed by atoms with Gasteiger partial charge >= 0.3 is 0 Å². The fraction of sp³-hybridized carbons (Fsp3) is 0.294. The predicted molar refractivity (Wildman–Crippen MR) is 75.2 cm³/mol. The van der Waals surface area contributed by atoms with E-state index >= 15 is 0 Å². The smallest absolute Gasteiger partial charge is 0.123 e. The van der Waals surface area contributed by atoms with Gasteiger partial charge in [-0.25, -0.2) is 0 Å². The summed E-state index contributed by atoms with van der Waals surface area (Å²) in [4.78, 5) is 0. The number of ether oxygens (including phenoxy) is 1. The Morgan fingerprint density at radius 1 is 1.05 bits per heavy atom. The van der Waals surface area contributed by atoms with E-state index < -0.39 is 0 Å². The number of benzene rings is 2. The molecule has 0 bridgehead atoms. The molecule has 0 radical (unpaired) electrons. The lowest BCUT2D eigenvalue weighted by atomic mass is 9.89. The van der Waals surface area contributed by atoms with Crippen LogP contribution in [0.4, 0.5) is 0 Å². The molecule has 0 heterocycles. The number of rotatable bonds is 3. The van der Waals surface area contributed by atoms with E-state index in [1.54, 1.807) is 0 Å². The molecule has 0 saturated heterocycles. The summed E-state index contributed by atoms with van der Waals surface area (Å²) in [6.07, 6.45) is 2.29. The Bertz CT molecular complexity index is 548. The Balaban J connectivity index is 1.77. The van der Waals surface area contributed by atoms with Crippen molar-refractivity contribution in [1.82, 2.24) is 0 Å². The highest BCUT2D eigenvalue weighted by atomic mass is 16.5. The largest absolute Gasteiger partial charge is 0.489 e. The number of fused-ring (bicyclic) bond motifs is 1. The van der Waals surface area contributed by atoms with Crippen LogP contribution >= 0.6 is 0 Å². The molecule has 0 saturated carbocycles. The number of hydrogen-bond acceptors (Lipinski definition) is 2. The van der Waals surface area contributed by atoms with Crippen molar-refractivity contribution in [2.45, 2.75) is 32.0 Å². The van der Waals surface area contributed by atoms with Crippen molar-refractivity contribution in [1.29, 1.82) is 0 Å². The summed E-state index contributed by atoms with van der Waals surface area (Å²) in [5.74, 6) is 0.966. The highest BCUT2D eigenvalue weighted by molar-refractivity contribution is 5.42. The lowest BCUT2D eigenvalue weighted by Crippen LogP contribution is -2.19. The quantitative estimate of drug-likeness (QED) is 0.912. The normalized spacial score (nSPS) is 17.8. The molecule has 2 heteroatoms. The second kappa shape index (κ2) is 5.45. The molecule has 0 amide bonds. The van der Waals surface area contributed by atoms with Crippen molar-refractivity contribution in [3.63, 3.8) is 0 Å². The molecule has 1 aliphatic carbocycles. The fourth-order valence-electron chi connectivity index (χ4n) is 2.62. The van der Waals surface area contributed by atoms with Gasteiger partial charge in [0.1, 0.15) is 12.4 Å². The zero-order valence-electron chi connectivity index (χ0n) is 10.9. The lowest BCUT2D eigenvalue weighted by molar-refractivity contribution is 0.157. The van der Waals surface area contributed by atoms with Crippen molar-refractivity contribution in [2.75, 3.05) is 0 Å². The molecule has 1 atom stereocenters. The van der Waals surface area contributed by atoms with E-state index in [-0.39, 0.29) is 6.10 Å². The summed E-state index contributed by atoms with van der Waals surface area (Å²) < 4.78 is 5.94. The molecule has 2 aromatic rings. The highest BCUT2D eigenvalue weighted by Crippen LogP contribution is 2.30. The van der Waals surface area contributed by atoms with E-state index in [1.165, 1.54) is 16.7 Å². The minimum atomic E-state index is -0.197. The molecular weight excluding hydrogens is 236 g/mol. The molecule has 2 aromatic carbocycles. The molecule has 0 fully saturated rings. The van der Waals surface area contributed by atoms with Gasteiger partial charge in [-0.3, -0.25) is 0 Å². The first-order valence-electron chi connectivity index (χ1n) is 6.78. The summed E-state index contributed by atoms with van der Waals surface area (Å²) in [5.41, 5.74) is 3.67. The van der Waals surface area contributed by atoms with Crippen LogP contribution in [0.15, 0.2) is 48.5 Å². The van der Waals surface area contributed by atoms with Crippen LogP contribution in [0.5, 0.6) is 5.75 Å². The third kappa shape index (κ3) is 2.79. The van der Waals surface area contributed by atoms with Crippen LogP contribution < -0.4 is 4.74 Å². The summed E-state index contributed by atoms with van der Waals surface area (Å²) in [7, 11) is 0. The number of aliphatic hydroxyl groups excluding tert-OH is 1. The molecule has 1 N–H and O–H groups in total. The van der Waals surface area contributed by atoms with Crippen LogP contribution in [0.3, 0.4) is 0 Å². The Kier molecular flexibility index (Phi) is 3.51. The summed E-state index contributed by atoms with van der Waals surface area (Å²) in [6.45, 7) is 0.597. The van der Waals surface area contributed by atoms with Gasteiger partial charge in [-0.05, 0) is 42.0 Å². The second-order valence-electron chi connectivity index (χ2n) is 5.06. The Morgan fingerprint density at radius 2 is 1.89 bits per heavy atom. The average molecular weight is 254 g/mol. The summed E-state index contributed by atoms with van der Waals surface area (Å²) in [5, 5.41) is 9.71. The predicted octanol–water partition coefficient (Wildman–Crippen LogP) is 3.12. The van der Waals surface area contributed by atoms with E-state index in [0.717, 1.165) is 25.0 Å². The van der Waals surface area contributed by atoms with Crippen LogP contribution in [0.1, 0.15) is 23.1 Å². The average Bonchev–Trinajstić information content (AvgIpc) is 2.45. The standard InChI is InChI=1S/C17H18O2/c18-15-9-10-16-14(11-15)7-4-8-17(16)19-12-13-5-2-1-3-6-13/h1-8,15,18H,9-12H2. The summed E-state index contributed by atoms with van der Waals surface area (Å²) in [6, 6.07) is 16.3. The Hall–Kier alpha value is -1.80. The second-order valence-corrected chi connectivity index (χ2v) is 5.06. The zero-order chi connectivity index (χ0) is 13.1. The van der Waals surface area contributed by atoms with E-state index in [4.69, 9.17) is 4.74 Å². The van der Waals surface area contributed by atoms with Gasteiger partial charge in [0.2, 0.25) is 0 Å². The van der Waals surface area contributed by atoms with E-state index in [2.05, 4.69) is 18.2 Å². The molecule has 0 aromatic heterocycles. The number of hydrogen-bond donors (Lipinski definition) is 1.